The van der Waals surface area contributed by atoms with Gasteiger partial charge in [-0.05, 0) is 24.6 Å². The first-order valence-electron chi connectivity index (χ1n) is 4.86. The largest absolute Gasteiger partial charge is 0.507 e. The van der Waals surface area contributed by atoms with Crippen LogP contribution in [0.5, 0.6) is 11.5 Å². The zero-order chi connectivity index (χ0) is 10.4. The predicted octanol–water partition coefficient (Wildman–Crippen LogP) is 3.21. The molecule has 0 amide bonds. The van der Waals surface area contributed by atoms with Crippen LogP contribution in [0.25, 0.3) is 6.08 Å². The highest BCUT2D eigenvalue weighted by Crippen LogP contribution is 2.23. The molecule has 0 atom stereocenters. The Kier molecular flexibility index (Phi) is 4.05. The highest BCUT2D eigenvalue weighted by Gasteiger charge is 1.99. The summed E-state index contributed by atoms with van der Waals surface area (Å²) in [4.78, 5) is 0. The molecular weight excluding hydrogens is 176 g/mol. The van der Waals surface area contributed by atoms with Gasteiger partial charge in [-0.1, -0.05) is 26.0 Å². The molecule has 1 aromatic carbocycles. The molecule has 0 unspecified atom stereocenters. The molecular formula is C12H16O2. The fourth-order valence-corrected chi connectivity index (χ4v) is 1.12. The minimum atomic E-state index is 0.239. The van der Waals surface area contributed by atoms with Crippen LogP contribution in [0.2, 0.25) is 0 Å². The quantitative estimate of drug-likeness (QED) is 0.726. The maximum Gasteiger partial charge on any atom is 0.123 e. The number of benzene rings is 1. The first kappa shape index (κ1) is 10.6. The van der Waals surface area contributed by atoms with Crippen molar-refractivity contribution in [1.29, 1.82) is 0 Å². The number of phenols is 1. The average Bonchev–Trinajstić information content (AvgIpc) is 2.21. The molecule has 0 saturated heterocycles. The molecule has 2 nitrogen and oxygen atoms in total. The minimum absolute atomic E-state index is 0.239. The molecule has 0 fully saturated rings. The van der Waals surface area contributed by atoms with Crippen molar-refractivity contribution in [3.05, 3.63) is 30.3 Å². The van der Waals surface area contributed by atoms with Gasteiger partial charge in [0, 0.05) is 5.56 Å². The van der Waals surface area contributed by atoms with E-state index < -0.39 is 0 Å². The molecule has 0 aromatic heterocycles. The summed E-state index contributed by atoms with van der Waals surface area (Å²) >= 11 is 0. The Morgan fingerprint density at radius 2 is 2.29 bits per heavy atom. The van der Waals surface area contributed by atoms with Crippen molar-refractivity contribution in [3.63, 3.8) is 0 Å². The monoisotopic (exact) mass is 192 g/mol. The lowest BCUT2D eigenvalue weighted by atomic mass is 10.2. The van der Waals surface area contributed by atoms with E-state index in [4.69, 9.17) is 4.74 Å². The summed E-state index contributed by atoms with van der Waals surface area (Å²) in [6, 6.07) is 5.17. The number of hydrogen-bond acceptors (Lipinski definition) is 2. The number of unbranched alkanes of at least 4 members (excludes halogenated alkanes) is 1. The lowest BCUT2D eigenvalue weighted by molar-refractivity contribution is 0.309. The highest BCUT2D eigenvalue weighted by molar-refractivity contribution is 5.57. The van der Waals surface area contributed by atoms with E-state index in [1.54, 1.807) is 24.3 Å². The van der Waals surface area contributed by atoms with Crippen LogP contribution in [0.15, 0.2) is 24.8 Å². The van der Waals surface area contributed by atoms with E-state index in [9.17, 15) is 5.11 Å². The Balaban J connectivity index is 2.64. The molecule has 0 spiro atoms. The van der Waals surface area contributed by atoms with Crippen LogP contribution < -0.4 is 4.74 Å². The third kappa shape index (κ3) is 2.80. The Bertz CT molecular complexity index is 305. The molecule has 0 aliphatic carbocycles. The predicted molar refractivity (Wildman–Crippen MR) is 58.6 cm³/mol. The smallest absolute Gasteiger partial charge is 0.123 e. The minimum Gasteiger partial charge on any atom is -0.507 e. The summed E-state index contributed by atoms with van der Waals surface area (Å²) in [6.45, 7) is 6.45. The van der Waals surface area contributed by atoms with Crippen LogP contribution in [0, 0.1) is 0 Å². The summed E-state index contributed by atoms with van der Waals surface area (Å²) in [6.07, 6.45) is 3.78. The Morgan fingerprint density at radius 3 is 2.93 bits per heavy atom. The van der Waals surface area contributed by atoms with Crippen molar-refractivity contribution in [2.45, 2.75) is 19.8 Å². The molecule has 0 heterocycles. The van der Waals surface area contributed by atoms with E-state index >= 15 is 0 Å². The molecule has 14 heavy (non-hydrogen) atoms. The van der Waals surface area contributed by atoms with E-state index in [0.29, 0.717) is 5.56 Å². The van der Waals surface area contributed by atoms with Gasteiger partial charge in [0.05, 0.1) is 6.61 Å². The maximum absolute atomic E-state index is 9.38. The van der Waals surface area contributed by atoms with E-state index in [0.717, 1.165) is 25.2 Å². The molecule has 0 saturated carbocycles. The lowest BCUT2D eigenvalue weighted by Crippen LogP contribution is -1.96. The Labute approximate surface area is 84.8 Å². The number of rotatable bonds is 5. The molecule has 76 valence electrons. The summed E-state index contributed by atoms with van der Waals surface area (Å²) in [5.74, 6) is 1.02. The van der Waals surface area contributed by atoms with Crippen LogP contribution in [-0.2, 0) is 0 Å². The molecule has 0 aliphatic rings. The van der Waals surface area contributed by atoms with Gasteiger partial charge >= 0.3 is 0 Å². The summed E-state index contributed by atoms with van der Waals surface area (Å²) < 4.78 is 5.48. The van der Waals surface area contributed by atoms with Crippen LogP contribution in [-0.4, -0.2) is 11.7 Å². The third-order valence-corrected chi connectivity index (χ3v) is 1.99. The van der Waals surface area contributed by atoms with Crippen molar-refractivity contribution < 1.29 is 9.84 Å². The molecule has 1 rings (SSSR count). The second kappa shape index (κ2) is 5.32. The number of ether oxygens (including phenoxy) is 1. The normalized spacial score (nSPS) is 9.79. The third-order valence-electron chi connectivity index (χ3n) is 1.99. The zero-order valence-electron chi connectivity index (χ0n) is 8.49. The second-order valence-corrected chi connectivity index (χ2v) is 3.13. The van der Waals surface area contributed by atoms with Crippen molar-refractivity contribution in [1.82, 2.24) is 0 Å². The topological polar surface area (TPSA) is 29.5 Å². The molecule has 1 aromatic rings. The first-order valence-corrected chi connectivity index (χ1v) is 4.86. The van der Waals surface area contributed by atoms with Crippen LogP contribution in [0.3, 0.4) is 0 Å². The van der Waals surface area contributed by atoms with Crippen molar-refractivity contribution >= 4 is 6.08 Å². The number of phenolic OH excluding ortho intramolecular Hbond substituents is 1. The average molecular weight is 192 g/mol. The van der Waals surface area contributed by atoms with Crippen molar-refractivity contribution in [3.8, 4) is 11.5 Å². The fraction of sp³-hybridized carbons (Fsp3) is 0.333. The SMILES string of the molecule is C=Cc1cc(OCCCC)ccc1O. The number of hydrogen-bond donors (Lipinski definition) is 1. The van der Waals surface area contributed by atoms with Gasteiger partial charge in [0.15, 0.2) is 0 Å². The van der Waals surface area contributed by atoms with E-state index in [-0.39, 0.29) is 5.75 Å². The highest BCUT2D eigenvalue weighted by atomic mass is 16.5. The Morgan fingerprint density at radius 1 is 1.50 bits per heavy atom. The molecule has 0 radical (unpaired) electrons. The van der Waals surface area contributed by atoms with Crippen molar-refractivity contribution in [2.24, 2.45) is 0 Å². The summed E-state index contributed by atoms with van der Waals surface area (Å²) in [5.41, 5.74) is 0.707. The van der Waals surface area contributed by atoms with Crippen molar-refractivity contribution in [2.75, 3.05) is 6.61 Å². The standard InChI is InChI=1S/C12H16O2/c1-3-5-8-14-11-6-7-12(13)10(4-2)9-11/h4,6-7,9,13H,2-3,5,8H2,1H3. The van der Waals surface area contributed by atoms with Crippen LogP contribution in [0.1, 0.15) is 25.3 Å². The lowest BCUT2D eigenvalue weighted by Gasteiger charge is -2.06. The van der Waals surface area contributed by atoms with Crippen LogP contribution >= 0.6 is 0 Å². The maximum atomic E-state index is 9.38. The van der Waals surface area contributed by atoms with Crippen LogP contribution in [0.4, 0.5) is 0 Å². The molecule has 0 aliphatic heterocycles. The van der Waals surface area contributed by atoms with Gasteiger partial charge < -0.3 is 9.84 Å². The zero-order valence-corrected chi connectivity index (χ0v) is 8.49. The first-order chi connectivity index (χ1) is 6.77. The van der Waals surface area contributed by atoms with Gasteiger partial charge in [0.25, 0.3) is 0 Å². The van der Waals surface area contributed by atoms with E-state index in [1.807, 2.05) is 0 Å². The van der Waals surface area contributed by atoms with Gasteiger partial charge in [0.1, 0.15) is 11.5 Å². The van der Waals surface area contributed by atoms with Gasteiger partial charge in [-0.15, -0.1) is 0 Å². The summed E-state index contributed by atoms with van der Waals surface area (Å²) in [5, 5.41) is 9.38. The Hall–Kier alpha value is -1.44. The molecule has 0 bridgehead atoms. The fourth-order valence-electron chi connectivity index (χ4n) is 1.12. The second-order valence-electron chi connectivity index (χ2n) is 3.13. The van der Waals surface area contributed by atoms with E-state index in [1.165, 1.54) is 0 Å². The summed E-state index contributed by atoms with van der Waals surface area (Å²) in [7, 11) is 0. The van der Waals surface area contributed by atoms with Gasteiger partial charge in [-0.2, -0.15) is 0 Å². The molecule has 1 N–H and O–H groups in total. The van der Waals surface area contributed by atoms with Gasteiger partial charge in [-0.25, -0.2) is 0 Å². The molecule has 2 heteroatoms. The van der Waals surface area contributed by atoms with Gasteiger partial charge in [0.2, 0.25) is 0 Å². The van der Waals surface area contributed by atoms with E-state index in [2.05, 4.69) is 13.5 Å². The van der Waals surface area contributed by atoms with Gasteiger partial charge in [-0.3, -0.25) is 0 Å². The number of aromatic hydroxyl groups is 1.